The average Bonchev–Trinajstić information content (AvgIpc) is 2.47. The molecule has 1 atom stereocenters. The molecule has 4 N–H and O–H groups in total. The molecule has 104 valence electrons. The van der Waals surface area contributed by atoms with E-state index in [1.807, 2.05) is 44.2 Å². The van der Waals surface area contributed by atoms with Crippen molar-refractivity contribution < 1.29 is 4.79 Å². The molecule has 0 fully saturated rings. The van der Waals surface area contributed by atoms with Crippen LogP contribution in [0.25, 0.3) is 0 Å². The van der Waals surface area contributed by atoms with E-state index in [2.05, 4.69) is 15.7 Å². The Hall–Kier alpha value is -2.40. The van der Waals surface area contributed by atoms with Crippen LogP contribution in [-0.2, 0) is 0 Å². The molecule has 1 amide bonds. The topological polar surface area (TPSA) is 80.0 Å². The molecule has 5 heteroatoms. The van der Waals surface area contributed by atoms with Crippen molar-refractivity contribution in [3.05, 3.63) is 59.4 Å². The van der Waals surface area contributed by atoms with Gasteiger partial charge >= 0.3 is 0 Å². The molecular formula is C15H18N4O. The van der Waals surface area contributed by atoms with Gasteiger partial charge in [0.05, 0.1) is 23.0 Å². The first-order valence-electron chi connectivity index (χ1n) is 6.41. The van der Waals surface area contributed by atoms with Crippen LogP contribution in [0.3, 0.4) is 0 Å². The van der Waals surface area contributed by atoms with Gasteiger partial charge in [0, 0.05) is 6.20 Å². The van der Waals surface area contributed by atoms with E-state index in [-0.39, 0.29) is 11.9 Å². The van der Waals surface area contributed by atoms with E-state index in [9.17, 15) is 4.79 Å². The van der Waals surface area contributed by atoms with E-state index in [0.29, 0.717) is 11.3 Å². The minimum atomic E-state index is -0.184. The number of hydrogen-bond donors (Lipinski definition) is 3. The van der Waals surface area contributed by atoms with Crippen molar-refractivity contribution in [3.63, 3.8) is 0 Å². The highest BCUT2D eigenvalue weighted by molar-refractivity contribution is 5.99. The van der Waals surface area contributed by atoms with Gasteiger partial charge in [-0.05, 0) is 43.7 Å². The van der Waals surface area contributed by atoms with E-state index >= 15 is 0 Å². The van der Waals surface area contributed by atoms with Crippen molar-refractivity contribution >= 4 is 11.6 Å². The summed E-state index contributed by atoms with van der Waals surface area (Å²) in [6, 6.07) is 10.9. The van der Waals surface area contributed by atoms with Crippen LogP contribution in [-0.4, -0.2) is 10.9 Å². The van der Waals surface area contributed by atoms with Gasteiger partial charge in [0.15, 0.2) is 0 Å². The van der Waals surface area contributed by atoms with E-state index in [4.69, 9.17) is 5.84 Å². The van der Waals surface area contributed by atoms with Gasteiger partial charge in [-0.2, -0.15) is 0 Å². The standard InChI is InChI=1S/C15H18N4O/c1-10-6-7-12(14(9-10)19-16)15(20)18-11(2)13-5-3-4-8-17-13/h3-9,11,19H,16H2,1-2H3,(H,18,20). The lowest BCUT2D eigenvalue weighted by Crippen LogP contribution is -2.28. The minimum absolute atomic E-state index is 0.171. The second-order valence-electron chi connectivity index (χ2n) is 4.64. The number of carbonyl (C=O) groups excluding carboxylic acids is 1. The fourth-order valence-corrected chi connectivity index (χ4v) is 1.96. The zero-order valence-corrected chi connectivity index (χ0v) is 11.6. The molecule has 1 heterocycles. The number of amides is 1. The predicted octanol–water partition coefficient (Wildman–Crippen LogP) is 2.17. The van der Waals surface area contributed by atoms with E-state index < -0.39 is 0 Å². The zero-order valence-electron chi connectivity index (χ0n) is 11.6. The molecule has 0 spiro atoms. The summed E-state index contributed by atoms with van der Waals surface area (Å²) in [7, 11) is 0. The SMILES string of the molecule is Cc1ccc(C(=O)NC(C)c2ccccn2)c(NN)c1. The lowest BCUT2D eigenvalue weighted by Gasteiger charge is -2.15. The van der Waals surface area contributed by atoms with Crippen molar-refractivity contribution in [3.8, 4) is 0 Å². The second kappa shape index (κ2) is 6.16. The van der Waals surface area contributed by atoms with Crippen molar-refractivity contribution in [2.45, 2.75) is 19.9 Å². The maximum atomic E-state index is 12.3. The summed E-state index contributed by atoms with van der Waals surface area (Å²) < 4.78 is 0. The Labute approximate surface area is 118 Å². The number of aryl methyl sites for hydroxylation is 1. The highest BCUT2D eigenvalue weighted by atomic mass is 16.1. The monoisotopic (exact) mass is 270 g/mol. The Kier molecular flexibility index (Phi) is 4.32. The molecule has 1 aromatic carbocycles. The van der Waals surface area contributed by atoms with Gasteiger partial charge in [-0.25, -0.2) is 0 Å². The Morgan fingerprint density at radius 3 is 2.75 bits per heavy atom. The van der Waals surface area contributed by atoms with Gasteiger partial charge in [0.25, 0.3) is 5.91 Å². The summed E-state index contributed by atoms with van der Waals surface area (Å²) in [5.41, 5.74) is 5.53. The summed E-state index contributed by atoms with van der Waals surface area (Å²) in [5, 5.41) is 2.91. The van der Waals surface area contributed by atoms with Crippen molar-refractivity contribution in [1.29, 1.82) is 0 Å². The third-order valence-electron chi connectivity index (χ3n) is 3.05. The van der Waals surface area contributed by atoms with Crippen LogP contribution in [0.5, 0.6) is 0 Å². The largest absolute Gasteiger partial charge is 0.344 e. The number of nitrogen functional groups attached to an aromatic ring is 1. The van der Waals surface area contributed by atoms with Crippen LogP contribution in [0.2, 0.25) is 0 Å². The van der Waals surface area contributed by atoms with Crippen LogP contribution in [0.1, 0.15) is 34.6 Å². The van der Waals surface area contributed by atoms with E-state index in [1.165, 1.54) is 0 Å². The van der Waals surface area contributed by atoms with Gasteiger partial charge in [-0.3, -0.25) is 15.6 Å². The summed E-state index contributed by atoms with van der Waals surface area (Å²) in [6.07, 6.45) is 1.71. The predicted molar refractivity (Wildman–Crippen MR) is 79.1 cm³/mol. The molecule has 0 aliphatic rings. The summed E-state index contributed by atoms with van der Waals surface area (Å²) in [4.78, 5) is 16.5. The Bertz CT molecular complexity index is 598. The minimum Gasteiger partial charge on any atom is -0.344 e. The smallest absolute Gasteiger partial charge is 0.253 e. The molecule has 1 aromatic heterocycles. The molecule has 0 aliphatic carbocycles. The van der Waals surface area contributed by atoms with Crippen LogP contribution in [0.4, 0.5) is 5.69 Å². The normalized spacial score (nSPS) is 11.8. The molecule has 20 heavy (non-hydrogen) atoms. The number of nitrogens with two attached hydrogens (primary N) is 1. The molecule has 0 bridgehead atoms. The van der Waals surface area contributed by atoms with Gasteiger partial charge in [0.2, 0.25) is 0 Å². The molecule has 1 unspecified atom stereocenters. The number of pyridine rings is 1. The van der Waals surface area contributed by atoms with Crippen molar-refractivity contribution in [1.82, 2.24) is 10.3 Å². The zero-order chi connectivity index (χ0) is 14.5. The van der Waals surface area contributed by atoms with Gasteiger partial charge < -0.3 is 10.7 Å². The lowest BCUT2D eigenvalue weighted by atomic mass is 10.1. The third kappa shape index (κ3) is 3.13. The molecule has 5 nitrogen and oxygen atoms in total. The Balaban J connectivity index is 2.16. The van der Waals surface area contributed by atoms with Crippen LogP contribution in [0.15, 0.2) is 42.6 Å². The molecule has 2 rings (SSSR count). The fraction of sp³-hybridized carbons (Fsp3) is 0.200. The fourth-order valence-electron chi connectivity index (χ4n) is 1.96. The first kappa shape index (κ1) is 14.0. The number of aromatic nitrogens is 1. The van der Waals surface area contributed by atoms with Gasteiger partial charge in [0.1, 0.15) is 0 Å². The second-order valence-corrected chi connectivity index (χ2v) is 4.64. The van der Waals surface area contributed by atoms with Gasteiger partial charge in [-0.15, -0.1) is 0 Å². The summed E-state index contributed by atoms with van der Waals surface area (Å²) in [5.74, 6) is 5.27. The number of hydrazine groups is 1. The molecule has 2 aromatic rings. The third-order valence-corrected chi connectivity index (χ3v) is 3.05. The summed E-state index contributed by atoms with van der Waals surface area (Å²) in [6.45, 7) is 3.84. The van der Waals surface area contributed by atoms with Crippen LogP contribution in [0, 0.1) is 6.92 Å². The number of nitrogens with one attached hydrogen (secondary N) is 2. The maximum absolute atomic E-state index is 12.3. The van der Waals surface area contributed by atoms with Crippen LogP contribution < -0.4 is 16.6 Å². The van der Waals surface area contributed by atoms with Gasteiger partial charge in [-0.1, -0.05) is 12.1 Å². The van der Waals surface area contributed by atoms with E-state index in [1.54, 1.807) is 12.3 Å². The number of carbonyl (C=O) groups is 1. The number of anilines is 1. The molecule has 0 aliphatic heterocycles. The maximum Gasteiger partial charge on any atom is 0.253 e. The summed E-state index contributed by atoms with van der Waals surface area (Å²) >= 11 is 0. The highest BCUT2D eigenvalue weighted by Crippen LogP contribution is 2.18. The first-order valence-corrected chi connectivity index (χ1v) is 6.41. The Morgan fingerprint density at radius 2 is 2.10 bits per heavy atom. The number of nitrogens with zero attached hydrogens (tertiary/aromatic N) is 1. The molecule has 0 radical (unpaired) electrons. The quantitative estimate of drug-likeness (QED) is 0.587. The first-order chi connectivity index (χ1) is 9.61. The Morgan fingerprint density at radius 1 is 1.30 bits per heavy atom. The molecule has 0 saturated heterocycles. The molecule has 0 saturated carbocycles. The van der Waals surface area contributed by atoms with E-state index in [0.717, 1.165) is 11.3 Å². The number of benzene rings is 1. The van der Waals surface area contributed by atoms with Crippen molar-refractivity contribution in [2.24, 2.45) is 5.84 Å². The average molecular weight is 270 g/mol. The lowest BCUT2D eigenvalue weighted by molar-refractivity contribution is 0.0940. The number of rotatable bonds is 4. The molecular weight excluding hydrogens is 252 g/mol. The number of hydrogen-bond acceptors (Lipinski definition) is 4. The van der Waals surface area contributed by atoms with Crippen LogP contribution >= 0.6 is 0 Å². The highest BCUT2D eigenvalue weighted by Gasteiger charge is 2.15. The van der Waals surface area contributed by atoms with Crippen molar-refractivity contribution in [2.75, 3.05) is 5.43 Å².